The molecule has 0 radical (unpaired) electrons. The first kappa shape index (κ1) is 19.4. The van der Waals surface area contributed by atoms with E-state index >= 15 is 0 Å². The Morgan fingerprint density at radius 1 is 1.30 bits per heavy atom. The summed E-state index contributed by atoms with van der Waals surface area (Å²) in [6.07, 6.45) is 2.67. The number of thioether (sulfide) groups is 1. The fourth-order valence-electron chi connectivity index (χ4n) is 2.69. The maximum Gasteiger partial charge on any atom is 0.326 e. The molecule has 1 aromatic heterocycles. The van der Waals surface area contributed by atoms with Gasteiger partial charge in [-0.25, -0.2) is 9.78 Å². The normalized spacial score (nSPS) is 14.1. The number of carbonyl (C=O) groups excluding carboxylic acids is 3. The molecule has 0 unspecified atom stereocenters. The number of urea groups is 1. The third-order valence-electron chi connectivity index (χ3n) is 4.15. The van der Waals surface area contributed by atoms with E-state index in [2.05, 4.69) is 10.3 Å². The quantitative estimate of drug-likeness (QED) is 0.566. The van der Waals surface area contributed by atoms with E-state index in [1.165, 1.54) is 26.0 Å². The number of thiazole rings is 1. The lowest BCUT2D eigenvalue weighted by atomic mass is 10.2. The Balaban J connectivity index is 1.49. The second-order valence-corrected chi connectivity index (χ2v) is 7.84. The van der Waals surface area contributed by atoms with Crippen molar-refractivity contribution >= 4 is 46.1 Å². The lowest BCUT2D eigenvalue weighted by molar-refractivity contribution is -0.125. The Labute approximate surface area is 165 Å². The highest BCUT2D eigenvalue weighted by atomic mass is 32.2. The van der Waals surface area contributed by atoms with E-state index in [1.807, 2.05) is 35.9 Å². The van der Waals surface area contributed by atoms with Gasteiger partial charge in [0.05, 0.1) is 5.69 Å². The minimum Gasteiger partial charge on any atom is -0.318 e. The summed E-state index contributed by atoms with van der Waals surface area (Å²) in [6, 6.07) is 7.78. The molecule has 2 aromatic rings. The lowest BCUT2D eigenvalue weighted by Crippen LogP contribution is -2.32. The van der Waals surface area contributed by atoms with Gasteiger partial charge >= 0.3 is 6.03 Å². The molecule has 1 N–H and O–H groups in total. The number of carbonyl (C=O) groups is 3. The van der Waals surface area contributed by atoms with E-state index in [-0.39, 0.29) is 37.4 Å². The minimum absolute atomic E-state index is 0.102. The lowest BCUT2D eigenvalue weighted by Gasteiger charge is -2.13. The molecule has 1 fully saturated rings. The zero-order valence-electron chi connectivity index (χ0n) is 15.1. The van der Waals surface area contributed by atoms with Gasteiger partial charge in [0, 0.05) is 35.9 Å². The molecule has 0 spiro atoms. The van der Waals surface area contributed by atoms with Gasteiger partial charge in [0.2, 0.25) is 11.8 Å². The third-order valence-corrected chi connectivity index (χ3v) is 5.65. The smallest absolute Gasteiger partial charge is 0.318 e. The van der Waals surface area contributed by atoms with E-state index in [9.17, 15) is 14.4 Å². The Bertz CT molecular complexity index is 851. The summed E-state index contributed by atoms with van der Waals surface area (Å²) in [7, 11) is 1.58. The summed E-state index contributed by atoms with van der Waals surface area (Å²) >= 11 is 3.05. The van der Waals surface area contributed by atoms with Crippen LogP contribution in [0, 0.1) is 0 Å². The van der Waals surface area contributed by atoms with Gasteiger partial charge in [-0.15, -0.1) is 23.1 Å². The van der Waals surface area contributed by atoms with Crippen LogP contribution < -0.4 is 5.32 Å². The van der Waals surface area contributed by atoms with Crippen molar-refractivity contribution < 1.29 is 14.4 Å². The molecule has 7 nitrogen and oxygen atoms in total. The van der Waals surface area contributed by atoms with Crippen molar-refractivity contribution in [2.45, 2.75) is 17.7 Å². The Hall–Kier alpha value is -2.39. The van der Waals surface area contributed by atoms with Crippen molar-refractivity contribution in [1.82, 2.24) is 14.8 Å². The van der Waals surface area contributed by atoms with Gasteiger partial charge in [-0.3, -0.25) is 14.5 Å². The molecule has 1 aromatic carbocycles. The van der Waals surface area contributed by atoms with E-state index < -0.39 is 0 Å². The largest absolute Gasteiger partial charge is 0.326 e. The predicted octanol–water partition coefficient (Wildman–Crippen LogP) is 3.14. The minimum atomic E-state index is -0.308. The van der Waals surface area contributed by atoms with Crippen molar-refractivity contribution in [2.24, 2.45) is 0 Å². The summed E-state index contributed by atoms with van der Waals surface area (Å²) in [4.78, 5) is 43.8. The molecule has 4 amide bonds. The summed E-state index contributed by atoms with van der Waals surface area (Å²) in [5, 5.41) is 5.22. The molecule has 0 atom stereocenters. The number of aromatic nitrogens is 1. The van der Waals surface area contributed by atoms with Gasteiger partial charge < -0.3 is 10.2 Å². The first-order chi connectivity index (χ1) is 13.0. The Kier molecular flexibility index (Phi) is 6.12. The topological polar surface area (TPSA) is 82.6 Å². The second kappa shape index (κ2) is 8.53. The van der Waals surface area contributed by atoms with Crippen LogP contribution in [0.5, 0.6) is 0 Å². The molecule has 1 aliphatic heterocycles. The average Bonchev–Trinajstić information content (AvgIpc) is 3.21. The van der Waals surface area contributed by atoms with Gasteiger partial charge in [-0.1, -0.05) is 12.1 Å². The van der Waals surface area contributed by atoms with Crippen molar-refractivity contribution in [3.63, 3.8) is 0 Å². The van der Waals surface area contributed by atoms with E-state index in [4.69, 9.17) is 0 Å². The summed E-state index contributed by atoms with van der Waals surface area (Å²) in [5.41, 5.74) is 1.82. The number of rotatable bonds is 7. The molecule has 0 saturated carbocycles. The Morgan fingerprint density at radius 3 is 2.67 bits per heavy atom. The third kappa shape index (κ3) is 4.67. The van der Waals surface area contributed by atoms with Crippen LogP contribution in [0.3, 0.4) is 0 Å². The molecule has 2 heterocycles. The summed E-state index contributed by atoms with van der Waals surface area (Å²) in [5.74, 6) is -0.402. The molecule has 0 bridgehead atoms. The molecule has 3 rings (SSSR count). The van der Waals surface area contributed by atoms with E-state index in [1.54, 1.807) is 18.8 Å². The van der Waals surface area contributed by atoms with Gasteiger partial charge in [-0.05, 0) is 24.8 Å². The first-order valence-electron chi connectivity index (χ1n) is 8.43. The van der Waals surface area contributed by atoms with Crippen LogP contribution in [0.1, 0.15) is 12.8 Å². The number of anilines is 1. The average molecular weight is 405 g/mol. The molecule has 1 saturated heterocycles. The van der Waals surface area contributed by atoms with Gasteiger partial charge in [0.15, 0.2) is 5.13 Å². The van der Waals surface area contributed by atoms with Gasteiger partial charge in [0.25, 0.3) is 0 Å². The number of nitrogens with zero attached hydrogens (tertiary/aromatic N) is 3. The fourth-order valence-corrected chi connectivity index (χ4v) is 3.84. The first-order valence-corrected chi connectivity index (χ1v) is 10.5. The van der Waals surface area contributed by atoms with E-state index in [0.717, 1.165) is 11.3 Å². The van der Waals surface area contributed by atoms with Crippen LogP contribution in [0.25, 0.3) is 11.3 Å². The van der Waals surface area contributed by atoms with Crippen LogP contribution in [-0.4, -0.2) is 59.0 Å². The fraction of sp³-hybridized carbons (Fsp3) is 0.333. The molecule has 1 aliphatic rings. The summed E-state index contributed by atoms with van der Waals surface area (Å²) in [6.45, 7) is 0.352. The van der Waals surface area contributed by atoms with Crippen LogP contribution in [0.2, 0.25) is 0 Å². The molecule has 27 heavy (non-hydrogen) atoms. The number of hydrogen-bond acceptors (Lipinski definition) is 6. The van der Waals surface area contributed by atoms with Crippen LogP contribution >= 0.6 is 23.1 Å². The SMILES string of the molecule is CSc1ccc(-c2csc(NC(=O)CCCN3C(=O)CN(C)C3=O)n2)cc1. The van der Waals surface area contributed by atoms with Crippen LogP contribution in [0.4, 0.5) is 9.93 Å². The van der Waals surface area contributed by atoms with Crippen molar-refractivity contribution in [1.29, 1.82) is 0 Å². The number of benzene rings is 1. The zero-order chi connectivity index (χ0) is 19.4. The standard InChI is InChI=1S/C18H20N4O3S2/c1-21-10-16(24)22(18(21)25)9-3-4-15(23)20-17-19-14(11-27-17)12-5-7-13(26-2)8-6-12/h5-8,11H,3-4,9-10H2,1-2H3,(H,19,20,23). The number of amides is 4. The van der Waals surface area contributed by atoms with Crippen molar-refractivity contribution in [3.8, 4) is 11.3 Å². The number of imide groups is 1. The number of likely N-dealkylation sites (N-methyl/N-ethyl adjacent to an activating group) is 1. The van der Waals surface area contributed by atoms with Crippen molar-refractivity contribution in [3.05, 3.63) is 29.6 Å². The molecule has 142 valence electrons. The zero-order valence-corrected chi connectivity index (χ0v) is 16.7. The second-order valence-electron chi connectivity index (χ2n) is 6.10. The van der Waals surface area contributed by atoms with Crippen molar-refractivity contribution in [2.75, 3.05) is 31.7 Å². The monoisotopic (exact) mass is 404 g/mol. The number of hydrogen-bond donors (Lipinski definition) is 1. The predicted molar refractivity (Wildman–Crippen MR) is 107 cm³/mol. The molecule has 0 aliphatic carbocycles. The maximum absolute atomic E-state index is 12.1. The van der Waals surface area contributed by atoms with Gasteiger partial charge in [0.1, 0.15) is 6.54 Å². The van der Waals surface area contributed by atoms with Gasteiger partial charge in [-0.2, -0.15) is 0 Å². The highest BCUT2D eigenvalue weighted by Gasteiger charge is 2.32. The summed E-state index contributed by atoms with van der Waals surface area (Å²) < 4.78 is 0. The maximum atomic E-state index is 12.1. The van der Waals surface area contributed by atoms with Crippen LogP contribution in [0.15, 0.2) is 34.5 Å². The molecular formula is C18H20N4O3S2. The number of nitrogens with one attached hydrogen (secondary N) is 1. The highest BCUT2D eigenvalue weighted by Crippen LogP contribution is 2.26. The highest BCUT2D eigenvalue weighted by molar-refractivity contribution is 7.98. The van der Waals surface area contributed by atoms with Crippen LogP contribution in [-0.2, 0) is 9.59 Å². The Morgan fingerprint density at radius 2 is 2.04 bits per heavy atom. The molecular weight excluding hydrogens is 384 g/mol. The van der Waals surface area contributed by atoms with E-state index in [0.29, 0.717) is 11.6 Å². The molecule has 9 heteroatoms.